The number of nitrogens with two attached hydrogens (primary N) is 1. The molecule has 0 radical (unpaired) electrons. The fraction of sp³-hybridized carbons (Fsp3) is 0.938. The van der Waals surface area contributed by atoms with Gasteiger partial charge in [-0.05, 0) is 31.6 Å². The number of carbonyl (C=O) groups excluding carboxylic acids is 1. The van der Waals surface area contributed by atoms with E-state index < -0.39 is 0 Å². The highest BCUT2D eigenvalue weighted by Gasteiger charge is 2.31. The fourth-order valence-electron chi connectivity index (χ4n) is 3.73. The van der Waals surface area contributed by atoms with Crippen molar-refractivity contribution in [1.82, 2.24) is 4.90 Å². The van der Waals surface area contributed by atoms with Crippen molar-refractivity contribution in [3.63, 3.8) is 0 Å². The number of hydrogen-bond donors (Lipinski definition) is 1. The molecule has 0 aromatic heterocycles. The molecule has 0 heterocycles. The molecule has 2 fully saturated rings. The van der Waals surface area contributed by atoms with Crippen molar-refractivity contribution >= 4 is 5.91 Å². The predicted molar refractivity (Wildman–Crippen MR) is 78.8 cm³/mol. The molecule has 2 aliphatic carbocycles. The van der Waals surface area contributed by atoms with Crippen LogP contribution in [0.1, 0.15) is 70.6 Å². The van der Waals surface area contributed by atoms with Gasteiger partial charge in [-0.15, -0.1) is 0 Å². The second kappa shape index (κ2) is 6.74. The van der Waals surface area contributed by atoms with E-state index in [-0.39, 0.29) is 11.4 Å². The first-order chi connectivity index (χ1) is 9.09. The molecule has 110 valence electrons. The SMILES string of the molecule is CN(CC1CCCCC1)C(=O)CC1(N)CCCCC1. The Morgan fingerprint density at radius 1 is 1.11 bits per heavy atom. The standard InChI is InChI=1S/C16H30N2O/c1-18(13-14-8-4-2-5-9-14)15(19)12-16(17)10-6-3-7-11-16/h14H,2-13,17H2,1H3. The normalized spacial score (nSPS) is 24.1. The molecule has 0 aromatic carbocycles. The number of nitrogens with zero attached hydrogens (tertiary/aromatic N) is 1. The van der Waals surface area contributed by atoms with Gasteiger partial charge in [0.1, 0.15) is 0 Å². The van der Waals surface area contributed by atoms with E-state index in [4.69, 9.17) is 5.73 Å². The van der Waals surface area contributed by atoms with Crippen LogP contribution in [0.3, 0.4) is 0 Å². The fourth-order valence-corrected chi connectivity index (χ4v) is 3.73. The average Bonchev–Trinajstić information content (AvgIpc) is 2.40. The Bertz CT molecular complexity index is 291. The Kier molecular flexibility index (Phi) is 5.26. The molecule has 0 aliphatic heterocycles. The van der Waals surface area contributed by atoms with Gasteiger partial charge in [0.05, 0.1) is 0 Å². The zero-order valence-electron chi connectivity index (χ0n) is 12.5. The second-order valence-electron chi connectivity index (χ2n) is 6.88. The zero-order chi connectivity index (χ0) is 13.7. The topological polar surface area (TPSA) is 46.3 Å². The highest BCUT2D eigenvalue weighted by atomic mass is 16.2. The van der Waals surface area contributed by atoms with E-state index in [1.165, 1.54) is 51.4 Å². The number of rotatable bonds is 4. The first-order valence-electron chi connectivity index (χ1n) is 8.12. The number of carbonyl (C=O) groups is 1. The van der Waals surface area contributed by atoms with Gasteiger partial charge in [-0.25, -0.2) is 0 Å². The van der Waals surface area contributed by atoms with E-state index in [0.29, 0.717) is 6.42 Å². The molecule has 19 heavy (non-hydrogen) atoms. The molecule has 2 saturated carbocycles. The molecule has 0 aromatic rings. The van der Waals surface area contributed by atoms with Crippen LogP contribution in [0.5, 0.6) is 0 Å². The minimum atomic E-state index is -0.212. The lowest BCUT2D eigenvalue weighted by molar-refractivity contribution is -0.132. The quantitative estimate of drug-likeness (QED) is 0.850. The average molecular weight is 266 g/mol. The molecule has 3 heteroatoms. The highest BCUT2D eigenvalue weighted by molar-refractivity contribution is 5.77. The lowest BCUT2D eigenvalue weighted by Gasteiger charge is -2.35. The first-order valence-corrected chi connectivity index (χ1v) is 8.12. The molecule has 2 rings (SSSR count). The Morgan fingerprint density at radius 2 is 1.68 bits per heavy atom. The van der Waals surface area contributed by atoms with Crippen molar-refractivity contribution in [2.24, 2.45) is 11.7 Å². The van der Waals surface area contributed by atoms with E-state index in [0.717, 1.165) is 25.3 Å². The summed E-state index contributed by atoms with van der Waals surface area (Å²) in [6, 6.07) is 0. The summed E-state index contributed by atoms with van der Waals surface area (Å²) in [5.41, 5.74) is 6.17. The van der Waals surface area contributed by atoms with E-state index in [1.807, 2.05) is 11.9 Å². The van der Waals surface area contributed by atoms with Crippen LogP contribution in [0.2, 0.25) is 0 Å². The van der Waals surface area contributed by atoms with Crippen LogP contribution in [-0.2, 0) is 4.79 Å². The van der Waals surface area contributed by atoms with E-state index >= 15 is 0 Å². The maximum absolute atomic E-state index is 12.3. The van der Waals surface area contributed by atoms with E-state index in [2.05, 4.69) is 0 Å². The van der Waals surface area contributed by atoms with Crippen LogP contribution < -0.4 is 5.73 Å². The molecule has 1 amide bonds. The summed E-state index contributed by atoms with van der Waals surface area (Å²) < 4.78 is 0. The van der Waals surface area contributed by atoms with Crippen molar-refractivity contribution in [2.75, 3.05) is 13.6 Å². The summed E-state index contributed by atoms with van der Waals surface area (Å²) in [6.07, 6.45) is 12.9. The minimum Gasteiger partial charge on any atom is -0.345 e. The molecule has 0 bridgehead atoms. The minimum absolute atomic E-state index is 0.212. The van der Waals surface area contributed by atoms with Crippen LogP contribution in [0.4, 0.5) is 0 Å². The summed E-state index contributed by atoms with van der Waals surface area (Å²) >= 11 is 0. The van der Waals surface area contributed by atoms with Crippen LogP contribution in [0.15, 0.2) is 0 Å². The van der Waals surface area contributed by atoms with Crippen molar-refractivity contribution in [3.05, 3.63) is 0 Å². The Morgan fingerprint density at radius 3 is 2.32 bits per heavy atom. The van der Waals surface area contributed by atoms with Gasteiger partial charge in [0, 0.05) is 25.6 Å². The van der Waals surface area contributed by atoms with Gasteiger partial charge in [0.25, 0.3) is 0 Å². The Labute approximate surface area is 117 Å². The maximum atomic E-state index is 12.3. The van der Waals surface area contributed by atoms with Gasteiger partial charge >= 0.3 is 0 Å². The smallest absolute Gasteiger partial charge is 0.224 e. The van der Waals surface area contributed by atoms with Gasteiger partial charge in [0.15, 0.2) is 0 Å². The van der Waals surface area contributed by atoms with Crippen LogP contribution in [-0.4, -0.2) is 29.9 Å². The van der Waals surface area contributed by atoms with Gasteiger partial charge < -0.3 is 10.6 Å². The molecule has 2 N–H and O–H groups in total. The first kappa shape index (κ1) is 14.8. The molecule has 3 nitrogen and oxygen atoms in total. The third-order valence-corrected chi connectivity index (χ3v) is 5.04. The Balaban J connectivity index is 1.77. The molecule has 0 atom stereocenters. The highest BCUT2D eigenvalue weighted by Crippen LogP contribution is 2.30. The molecular formula is C16H30N2O. The lowest BCUT2D eigenvalue weighted by Crippen LogP contribution is -2.47. The summed E-state index contributed by atoms with van der Waals surface area (Å²) in [4.78, 5) is 14.3. The number of hydrogen-bond acceptors (Lipinski definition) is 2. The van der Waals surface area contributed by atoms with Crippen LogP contribution in [0.25, 0.3) is 0 Å². The van der Waals surface area contributed by atoms with Gasteiger partial charge in [-0.1, -0.05) is 38.5 Å². The van der Waals surface area contributed by atoms with Crippen molar-refractivity contribution in [1.29, 1.82) is 0 Å². The zero-order valence-corrected chi connectivity index (χ0v) is 12.5. The van der Waals surface area contributed by atoms with E-state index in [1.54, 1.807) is 0 Å². The molecule has 0 saturated heterocycles. The molecule has 0 unspecified atom stereocenters. The summed E-state index contributed by atoms with van der Waals surface area (Å²) in [7, 11) is 1.96. The van der Waals surface area contributed by atoms with Crippen LogP contribution in [0, 0.1) is 5.92 Å². The van der Waals surface area contributed by atoms with E-state index in [9.17, 15) is 4.79 Å². The maximum Gasteiger partial charge on any atom is 0.224 e. The second-order valence-corrected chi connectivity index (χ2v) is 6.88. The van der Waals surface area contributed by atoms with Gasteiger partial charge in [-0.3, -0.25) is 4.79 Å². The van der Waals surface area contributed by atoms with Crippen molar-refractivity contribution in [3.8, 4) is 0 Å². The van der Waals surface area contributed by atoms with Crippen molar-refractivity contribution in [2.45, 2.75) is 76.2 Å². The van der Waals surface area contributed by atoms with Gasteiger partial charge in [0.2, 0.25) is 5.91 Å². The largest absolute Gasteiger partial charge is 0.345 e. The number of amides is 1. The molecule has 0 spiro atoms. The predicted octanol–water partition coefficient (Wildman–Crippen LogP) is 3.08. The lowest BCUT2D eigenvalue weighted by atomic mass is 9.80. The molecule has 2 aliphatic rings. The summed E-state index contributed by atoms with van der Waals surface area (Å²) in [6.45, 7) is 0.939. The third kappa shape index (κ3) is 4.48. The summed E-state index contributed by atoms with van der Waals surface area (Å²) in [5, 5.41) is 0. The van der Waals surface area contributed by atoms with Gasteiger partial charge in [-0.2, -0.15) is 0 Å². The summed E-state index contributed by atoms with van der Waals surface area (Å²) in [5.74, 6) is 0.984. The van der Waals surface area contributed by atoms with Crippen molar-refractivity contribution < 1.29 is 4.79 Å². The van der Waals surface area contributed by atoms with Crippen LogP contribution >= 0.6 is 0 Å². The molecular weight excluding hydrogens is 236 g/mol. The third-order valence-electron chi connectivity index (χ3n) is 5.04. The monoisotopic (exact) mass is 266 g/mol. The Hall–Kier alpha value is -0.570.